The number of nitrogens with zero attached hydrogens (tertiary/aromatic N) is 3. The number of piperazine rings is 1. The van der Waals surface area contributed by atoms with E-state index >= 15 is 0 Å². The van der Waals surface area contributed by atoms with Gasteiger partial charge in [-0.15, -0.1) is 11.3 Å². The second kappa shape index (κ2) is 4.30. The van der Waals surface area contributed by atoms with Gasteiger partial charge in [-0.1, -0.05) is 0 Å². The number of thiophene rings is 1. The lowest BCUT2D eigenvalue weighted by atomic mass is 9.98. The summed E-state index contributed by atoms with van der Waals surface area (Å²) >= 11 is 1.91. The number of fused-ring (bicyclic) bond motifs is 5. The van der Waals surface area contributed by atoms with Gasteiger partial charge in [0.05, 0.1) is 10.2 Å². The molecule has 5 nitrogen and oxygen atoms in total. The summed E-state index contributed by atoms with van der Waals surface area (Å²) in [6.45, 7) is 2.12. The van der Waals surface area contributed by atoms with Crippen molar-refractivity contribution in [2.24, 2.45) is 0 Å². The van der Waals surface area contributed by atoms with E-state index in [9.17, 15) is 0 Å². The maximum atomic E-state index is 6.02. The van der Waals surface area contributed by atoms with Gasteiger partial charge in [-0.25, -0.2) is 4.98 Å². The zero-order chi connectivity index (χ0) is 14.0. The Morgan fingerprint density at radius 3 is 2.95 bits per heavy atom. The molecule has 0 radical (unpaired) electrons. The zero-order valence-electron chi connectivity index (χ0n) is 11.9. The molecule has 2 saturated heterocycles. The van der Waals surface area contributed by atoms with Crippen molar-refractivity contribution in [3.63, 3.8) is 0 Å². The summed E-state index contributed by atoms with van der Waals surface area (Å²) in [6.07, 6.45) is 6.16. The number of anilines is 2. The van der Waals surface area contributed by atoms with Gasteiger partial charge < -0.3 is 16.0 Å². The van der Waals surface area contributed by atoms with E-state index in [2.05, 4.69) is 20.2 Å². The van der Waals surface area contributed by atoms with Crippen LogP contribution in [0.1, 0.15) is 29.7 Å². The van der Waals surface area contributed by atoms with E-state index in [0.29, 0.717) is 18.0 Å². The molecule has 0 spiro atoms. The lowest BCUT2D eigenvalue weighted by molar-refractivity contribution is 0.578. The average molecular weight is 301 g/mol. The van der Waals surface area contributed by atoms with E-state index in [1.54, 1.807) is 0 Å². The molecule has 0 unspecified atom stereocenters. The summed E-state index contributed by atoms with van der Waals surface area (Å²) in [7, 11) is 0. The number of aromatic nitrogens is 2. The molecule has 2 aromatic rings. The molecule has 110 valence electrons. The normalized spacial score (nSPS) is 27.5. The fraction of sp³-hybridized carbons (Fsp3) is 0.600. The topological polar surface area (TPSA) is 67.1 Å². The fourth-order valence-electron chi connectivity index (χ4n) is 4.13. The Kier molecular flexibility index (Phi) is 2.49. The number of rotatable bonds is 1. The smallest absolute Gasteiger partial charge is 0.222 e. The Morgan fingerprint density at radius 2 is 2.14 bits per heavy atom. The van der Waals surface area contributed by atoms with Crippen molar-refractivity contribution in [2.75, 3.05) is 23.7 Å². The van der Waals surface area contributed by atoms with Crippen molar-refractivity contribution >= 4 is 33.3 Å². The molecular formula is C15H19N5S. The third-order valence-corrected chi connectivity index (χ3v) is 6.40. The first-order valence-electron chi connectivity index (χ1n) is 7.87. The molecule has 0 saturated carbocycles. The maximum absolute atomic E-state index is 6.02. The minimum atomic E-state index is 0.430. The third kappa shape index (κ3) is 1.72. The number of nitrogens with one attached hydrogen (secondary N) is 1. The van der Waals surface area contributed by atoms with Crippen molar-refractivity contribution in [1.29, 1.82) is 0 Å². The van der Waals surface area contributed by atoms with Crippen molar-refractivity contribution in [3.05, 3.63) is 10.4 Å². The molecular weight excluding hydrogens is 282 g/mol. The Labute approximate surface area is 127 Å². The first kappa shape index (κ1) is 12.2. The second-order valence-corrected chi connectivity index (χ2v) is 7.55. The monoisotopic (exact) mass is 301 g/mol. The fourth-order valence-corrected chi connectivity index (χ4v) is 5.47. The molecule has 2 aliphatic heterocycles. The molecule has 4 heterocycles. The van der Waals surface area contributed by atoms with Gasteiger partial charge in [-0.3, -0.25) is 0 Å². The van der Waals surface area contributed by atoms with Gasteiger partial charge in [0.2, 0.25) is 5.95 Å². The molecule has 2 bridgehead atoms. The van der Waals surface area contributed by atoms with Crippen molar-refractivity contribution in [3.8, 4) is 0 Å². The van der Waals surface area contributed by atoms with Crippen LogP contribution in [0.4, 0.5) is 11.8 Å². The predicted molar refractivity (Wildman–Crippen MR) is 86.0 cm³/mol. The Morgan fingerprint density at radius 1 is 1.24 bits per heavy atom. The number of nitrogens with two attached hydrogens (primary N) is 1. The Bertz CT molecular complexity index is 724. The van der Waals surface area contributed by atoms with Gasteiger partial charge in [-0.05, 0) is 37.7 Å². The molecule has 3 aliphatic rings. The highest BCUT2D eigenvalue weighted by molar-refractivity contribution is 7.19. The van der Waals surface area contributed by atoms with E-state index in [1.807, 2.05) is 11.3 Å². The van der Waals surface area contributed by atoms with Crippen LogP contribution in [-0.2, 0) is 12.8 Å². The van der Waals surface area contributed by atoms with E-state index in [0.717, 1.165) is 30.8 Å². The van der Waals surface area contributed by atoms with E-state index < -0.39 is 0 Å². The van der Waals surface area contributed by atoms with Crippen LogP contribution in [0.3, 0.4) is 0 Å². The average Bonchev–Trinajstić information content (AvgIpc) is 3.19. The molecule has 2 atom stereocenters. The van der Waals surface area contributed by atoms with Crippen LogP contribution in [0.15, 0.2) is 0 Å². The molecule has 2 aromatic heterocycles. The summed E-state index contributed by atoms with van der Waals surface area (Å²) < 4.78 is 1.27. The van der Waals surface area contributed by atoms with E-state index in [-0.39, 0.29) is 0 Å². The predicted octanol–water partition coefficient (Wildman–Crippen LogP) is 1.70. The van der Waals surface area contributed by atoms with Crippen LogP contribution in [0.25, 0.3) is 10.2 Å². The third-order valence-electron chi connectivity index (χ3n) is 5.12. The SMILES string of the molecule is Nc1nc(N2C[C@H]3C[C@@H]2CN3)c2sc3c(c2n1)CCCC3. The highest BCUT2D eigenvalue weighted by Crippen LogP contribution is 2.41. The van der Waals surface area contributed by atoms with Crippen molar-refractivity contribution < 1.29 is 0 Å². The van der Waals surface area contributed by atoms with Crippen molar-refractivity contribution in [1.82, 2.24) is 15.3 Å². The van der Waals surface area contributed by atoms with Crippen LogP contribution < -0.4 is 16.0 Å². The quantitative estimate of drug-likeness (QED) is 0.839. The Hall–Kier alpha value is -1.40. The van der Waals surface area contributed by atoms with Gasteiger partial charge in [-0.2, -0.15) is 4.98 Å². The Balaban J connectivity index is 1.70. The minimum absolute atomic E-state index is 0.430. The highest BCUT2D eigenvalue weighted by atomic mass is 32.1. The van der Waals surface area contributed by atoms with Gasteiger partial charge in [0.25, 0.3) is 0 Å². The van der Waals surface area contributed by atoms with Crippen LogP contribution in [0, 0.1) is 0 Å². The van der Waals surface area contributed by atoms with Crippen LogP contribution in [0.2, 0.25) is 0 Å². The maximum Gasteiger partial charge on any atom is 0.222 e. The highest BCUT2D eigenvalue weighted by Gasteiger charge is 2.39. The van der Waals surface area contributed by atoms with Crippen molar-refractivity contribution in [2.45, 2.75) is 44.2 Å². The number of nitrogen functional groups attached to an aromatic ring is 1. The second-order valence-electron chi connectivity index (χ2n) is 6.44. The minimum Gasteiger partial charge on any atom is -0.368 e. The lowest BCUT2D eigenvalue weighted by Gasteiger charge is -2.28. The lowest BCUT2D eigenvalue weighted by Crippen LogP contribution is -2.44. The number of hydrogen-bond donors (Lipinski definition) is 2. The molecule has 0 amide bonds. The first-order valence-corrected chi connectivity index (χ1v) is 8.69. The first-order chi connectivity index (χ1) is 10.3. The van der Waals surface area contributed by atoms with Gasteiger partial charge in [0.1, 0.15) is 0 Å². The van der Waals surface area contributed by atoms with E-state index in [4.69, 9.17) is 5.73 Å². The summed E-state index contributed by atoms with van der Waals surface area (Å²) in [6, 6.07) is 1.20. The summed E-state index contributed by atoms with van der Waals surface area (Å²) in [4.78, 5) is 13.2. The summed E-state index contributed by atoms with van der Waals surface area (Å²) in [5, 5.41) is 3.55. The van der Waals surface area contributed by atoms with Crippen LogP contribution in [-0.4, -0.2) is 35.1 Å². The molecule has 3 N–H and O–H groups in total. The molecule has 2 fully saturated rings. The van der Waals surface area contributed by atoms with Gasteiger partial charge in [0, 0.05) is 30.1 Å². The standard InChI is InChI=1S/C15H19N5S/c16-15-18-12-10-3-1-2-4-11(10)21-13(12)14(19-15)20-7-8-5-9(20)6-17-8/h8-9,17H,1-7H2,(H2,16,18,19)/t8-,9-/m1/s1. The van der Waals surface area contributed by atoms with Gasteiger partial charge >= 0.3 is 0 Å². The van der Waals surface area contributed by atoms with Crippen LogP contribution >= 0.6 is 11.3 Å². The van der Waals surface area contributed by atoms with Gasteiger partial charge in [0.15, 0.2) is 5.82 Å². The van der Waals surface area contributed by atoms with E-state index in [1.165, 1.54) is 40.8 Å². The number of aryl methyl sites for hydroxylation is 2. The largest absolute Gasteiger partial charge is 0.368 e. The summed E-state index contributed by atoms with van der Waals surface area (Å²) in [5.41, 5.74) is 8.60. The van der Waals surface area contributed by atoms with Crippen LogP contribution in [0.5, 0.6) is 0 Å². The molecule has 0 aromatic carbocycles. The molecule has 21 heavy (non-hydrogen) atoms. The molecule has 1 aliphatic carbocycles. The summed E-state index contributed by atoms with van der Waals surface area (Å²) in [5.74, 6) is 1.52. The zero-order valence-corrected chi connectivity index (χ0v) is 12.7. The molecule has 6 heteroatoms. The molecule has 5 rings (SSSR count). The number of hydrogen-bond acceptors (Lipinski definition) is 6.